The Kier molecular flexibility index (Phi) is 20.8. The SMILES string of the molecule is CC(=O)OC[C@H]1O[C@@H](O[C@@H]2[C@H](O[C@H]3CC[C@@]4(C)C(CC[C@]5(C)[C@@H]4CCC4C6C(C)(O)C[C@H](C=C(C)C)O[C@@]67C[C@]45CO7)C3(C)C)OC[C@@H](OC(C)=O)[C@H]2O[C@@H]2O[C@H](COC(C)=O)[C@@H](OC(C)=O)[C@H](OC(C)=O)[C@H]2OC(C)=O)[C@H](OC(C)=O)[C@@H](OC(C)=O)[C@@H]1OC(C)=O. The molecule has 0 amide bonds. The fraction of sp³-hybridized carbons (Fsp3) is 0.831. The molecule has 25 atom stereocenters. The van der Waals surface area contributed by atoms with Crippen molar-refractivity contribution in [1.82, 2.24) is 0 Å². The van der Waals surface area contributed by atoms with Gasteiger partial charge in [-0.25, -0.2) is 0 Å². The molecule has 9 fully saturated rings. The number of esters is 9. The van der Waals surface area contributed by atoms with Crippen LogP contribution >= 0.6 is 0 Å². The van der Waals surface area contributed by atoms with E-state index in [0.717, 1.165) is 93.6 Å². The van der Waals surface area contributed by atoms with E-state index in [0.29, 0.717) is 32.3 Å². The zero-order valence-corrected chi connectivity index (χ0v) is 55.7. The first-order valence-corrected chi connectivity index (χ1v) is 32.0. The molecular weight excluding hydrogens is 1210 g/mol. The average molecular weight is 1310 g/mol. The molecule has 92 heavy (non-hydrogen) atoms. The summed E-state index contributed by atoms with van der Waals surface area (Å²) in [4.78, 5) is 116. The number of allylic oxidation sites excluding steroid dienone is 1. The van der Waals surface area contributed by atoms with Gasteiger partial charge in [0.1, 0.15) is 37.6 Å². The third kappa shape index (κ3) is 13.9. The third-order valence-electron chi connectivity index (χ3n) is 21.2. The Morgan fingerprint density at radius 2 is 1.00 bits per heavy atom. The summed E-state index contributed by atoms with van der Waals surface area (Å²) in [5.41, 5.74) is -1.31. The summed E-state index contributed by atoms with van der Waals surface area (Å²) < 4.78 is 106. The highest BCUT2D eigenvalue weighted by Crippen LogP contribution is 2.80. The van der Waals surface area contributed by atoms with Gasteiger partial charge in [0.2, 0.25) is 0 Å². The Balaban J connectivity index is 1.12. The summed E-state index contributed by atoms with van der Waals surface area (Å²) in [5, 5.41) is 12.4. The van der Waals surface area contributed by atoms with Gasteiger partial charge in [0, 0.05) is 86.5 Å². The molecule has 2 bridgehead atoms. The molecule has 0 radical (unpaired) electrons. The number of carbonyl (C=O) groups is 9. The average Bonchev–Trinajstić information content (AvgIpc) is 1.44. The molecule has 5 heterocycles. The Hall–Kier alpha value is -5.39. The fourth-order valence-corrected chi connectivity index (χ4v) is 18.4. The van der Waals surface area contributed by atoms with Crippen LogP contribution < -0.4 is 0 Å². The Morgan fingerprint density at radius 3 is 1.49 bits per heavy atom. The first-order chi connectivity index (χ1) is 42.9. The summed E-state index contributed by atoms with van der Waals surface area (Å²) in [6, 6.07) is 0. The molecule has 4 aliphatic carbocycles. The van der Waals surface area contributed by atoms with Crippen LogP contribution in [-0.4, -0.2) is 195 Å². The second-order valence-corrected chi connectivity index (χ2v) is 28.3. The van der Waals surface area contributed by atoms with Crippen molar-refractivity contribution in [3.63, 3.8) is 0 Å². The summed E-state index contributed by atoms with van der Waals surface area (Å²) in [6.07, 6.45) is -16.9. The van der Waals surface area contributed by atoms with E-state index in [1.54, 1.807) is 0 Å². The minimum Gasteiger partial charge on any atom is -0.463 e. The summed E-state index contributed by atoms with van der Waals surface area (Å²) in [6.45, 7) is 23.6. The van der Waals surface area contributed by atoms with Crippen LogP contribution in [-0.2, 0) is 124 Å². The first kappa shape index (κ1) is 70.9. The van der Waals surface area contributed by atoms with Gasteiger partial charge < -0.3 is 85.6 Å². The van der Waals surface area contributed by atoms with Gasteiger partial charge in [-0.2, -0.15) is 0 Å². The molecule has 2 spiro atoms. The minimum absolute atomic E-state index is 0.0300. The second-order valence-electron chi connectivity index (χ2n) is 28.3. The van der Waals surface area contributed by atoms with Gasteiger partial charge >= 0.3 is 53.7 Å². The molecule has 5 saturated heterocycles. The zero-order valence-electron chi connectivity index (χ0n) is 55.7. The van der Waals surface area contributed by atoms with Gasteiger partial charge in [-0.15, -0.1) is 0 Å². The number of hydrogen-bond acceptors (Lipinski definition) is 27. The van der Waals surface area contributed by atoms with E-state index in [1.807, 2.05) is 20.8 Å². The molecule has 4 unspecified atom stereocenters. The van der Waals surface area contributed by atoms with E-state index < -0.39 is 182 Å². The molecule has 0 aromatic carbocycles. The molecule has 9 aliphatic rings. The van der Waals surface area contributed by atoms with Crippen molar-refractivity contribution in [3.05, 3.63) is 11.6 Å². The van der Waals surface area contributed by atoms with E-state index in [4.69, 9.17) is 80.5 Å². The highest BCUT2D eigenvalue weighted by atomic mass is 16.8. The van der Waals surface area contributed by atoms with Gasteiger partial charge in [-0.05, 0) is 93.3 Å². The van der Waals surface area contributed by atoms with Gasteiger partial charge in [-0.3, -0.25) is 43.2 Å². The lowest BCUT2D eigenvalue weighted by Crippen LogP contribution is -2.68. The standard InChI is InChI=1S/C65H94O27/c1-30(2)23-40-24-63(16,75)56-41-17-18-46-61(14)21-20-47(60(12,13)45(61)19-22-62(46,15)64(41)28-65(56,92-40)79-29-64)89-57-53(91-59-55(86-39(11)74)52(84-37(9)72)49(82-35(7)70)44(88-59)26-77-32(4)67)50(42(27-78-57)80-33(5)68)90-58-54(85-38(10)73)51(83-36(8)71)48(81-34(6)69)43(87-58)25-76-31(3)66/h23,40-59,75H,17-22,24-29H2,1-16H3/t40-,41?,42+,43+,44+,45?,46+,47-,48+,49+,50+,51-,52-,53-,54+,55+,56?,57-,58-,59-,61-,62+,63?,64-,65-/m0/s1. The van der Waals surface area contributed by atoms with Gasteiger partial charge in [0.25, 0.3) is 0 Å². The molecule has 516 valence electrons. The van der Waals surface area contributed by atoms with Crippen molar-refractivity contribution in [1.29, 1.82) is 0 Å². The van der Waals surface area contributed by atoms with Crippen LogP contribution in [0.4, 0.5) is 0 Å². The highest BCUT2D eigenvalue weighted by Gasteiger charge is 2.81. The van der Waals surface area contributed by atoms with Gasteiger partial charge in [0.05, 0.1) is 31.0 Å². The van der Waals surface area contributed by atoms with Crippen molar-refractivity contribution < 1.29 is 129 Å². The lowest BCUT2D eigenvalue weighted by atomic mass is 9.35. The largest absolute Gasteiger partial charge is 0.463 e. The Morgan fingerprint density at radius 1 is 0.511 bits per heavy atom. The Labute approximate surface area is 536 Å². The summed E-state index contributed by atoms with van der Waals surface area (Å²) in [7, 11) is 0. The zero-order chi connectivity index (χ0) is 67.5. The van der Waals surface area contributed by atoms with E-state index in [9.17, 15) is 48.3 Å². The quantitative estimate of drug-likeness (QED) is 0.0807. The molecule has 9 rings (SSSR count). The van der Waals surface area contributed by atoms with Crippen molar-refractivity contribution >= 4 is 53.7 Å². The maximum absolute atomic E-state index is 13.3. The van der Waals surface area contributed by atoms with Crippen molar-refractivity contribution in [3.8, 4) is 0 Å². The van der Waals surface area contributed by atoms with E-state index in [1.165, 1.54) is 0 Å². The lowest BCUT2D eigenvalue weighted by molar-refractivity contribution is -0.390. The molecule has 0 aromatic rings. The molecule has 27 heteroatoms. The minimum atomic E-state index is -1.94. The van der Waals surface area contributed by atoms with Crippen LogP contribution in [0.2, 0.25) is 0 Å². The molecule has 27 nitrogen and oxygen atoms in total. The topological polar surface area (TPSA) is 331 Å². The lowest BCUT2D eigenvalue weighted by Gasteiger charge is -2.70. The van der Waals surface area contributed by atoms with Crippen LogP contribution in [0.1, 0.15) is 162 Å². The van der Waals surface area contributed by atoms with E-state index >= 15 is 0 Å². The Bertz CT molecular complexity index is 2850. The smallest absolute Gasteiger partial charge is 0.303 e. The highest BCUT2D eigenvalue weighted by molar-refractivity contribution is 5.70. The van der Waals surface area contributed by atoms with Crippen LogP contribution in [0.3, 0.4) is 0 Å². The van der Waals surface area contributed by atoms with Crippen LogP contribution in [0.5, 0.6) is 0 Å². The number of carbonyl (C=O) groups excluding carboxylic acids is 9. The third-order valence-corrected chi connectivity index (χ3v) is 21.2. The predicted molar refractivity (Wildman–Crippen MR) is 311 cm³/mol. The van der Waals surface area contributed by atoms with E-state index in [-0.39, 0.29) is 46.0 Å². The number of fused-ring (bicyclic) bond motifs is 4. The number of aliphatic hydroxyl groups is 1. The van der Waals surface area contributed by atoms with Crippen LogP contribution in [0, 0.1) is 45.3 Å². The second kappa shape index (κ2) is 27.0. The summed E-state index contributed by atoms with van der Waals surface area (Å²) in [5.74, 6) is -8.70. The monoisotopic (exact) mass is 1310 g/mol. The van der Waals surface area contributed by atoms with Gasteiger partial charge in [0.15, 0.2) is 67.4 Å². The fourth-order valence-electron chi connectivity index (χ4n) is 18.4. The van der Waals surface area contributed by atoms with E-state index in [2.05, 4.69) is 33.8 Å². The molecule has 0 aromatic heterocycles. The maximum atomic E-state index is 13.3. The van der Waals surface area contributed by atoms with Crippen LogP contribution in [0.25, 0.3) is 0 Å². The number of rotatable bonds is 18. The summed E-state index contributed by atoms with van der Waals surface area (Å²) >= 11 is 0. The maximum Gasteiger partial charge on any atom is 0.303 e. The first-order valence-electron chi connectivity index (χ1n) is 32.0. The molecular formula is C65H94O27. The van der Waals surface area contributed by atoms with Gasteiger partial charge in [-0.1, -0.05) is 39.3 Å². The molecule has 4 saturated carbocycles. The normalized spacial score (nSPS) is 43.1. The van der Waals surface area contributed by atoms with Crippen molar-refractivity contribution in [2.75, 3.05) is 26.4 Å². The molecule has 5 aliphatic heterocycles. The molecule has 1 N–H and O–H groups in total. The van der Waals surface area contributed by atoms with Crippen molar-refractivity contribution in [2.24, 2.45) is 45.3 Å². The van der Waals surface area contributed by atoms with Crippen molar-refractivity contribution in [2.45, 2.75) is 272 Å². The number of ether oxygens (including phenoxy) is 17. The predicted octanol–water partition coefficient (Wildman–Crippen LogP) is 5.10. The number of hydrogen-bond donors (Lipinski definition) is 1. The van der Waals surface area contributed by atoms with Crippen LogP contribution in [0.15, 0.2) is 11.6 Å².